The van der Waals surface area contributed by atoms with Gasteiger partial charge in [-0.05, 0) is 0 Å². The van der Waals surface area contributed by atoms with Crippen molar-refractivity contribution in [3.63, 3.8) is 0 Å². The summed E-state index contributed by atoms with van der Waals surface area (Å²) < 4.78 is 6.81. The zero-order chi connectivity index (χ0) is 4.00. The largest absolute Gasteiger partial charge is 0.324 e. The predicted molar refractivity (Wildman–Crippen MR) is 19.5 cm³/mol. The van der Waals surface area contributed by atoms with Crippen molar-refractivity contribution in [3.8, 4) is 0 Å². The molecular weight excluding hydrogens is 124 g/mol. The van der Waals surface area contributed by atoms with Gasteiger partial charge in [0.2, 0.25) is 0 Å². The lowest BCUT2D eigenvalue weighted by Crippen LogP contribution is -2.02. The molecule has 0 spiro atoms. The van der Waals surface area contributed by atoms with Crippen molar-refractivity contribution in [1.29, 1.82) is 0 Å². The highest BCUT2D eigenvalue weighted by molar-refractivity contribution is 9.05. The molecule has 3 nitrogen and oxygen atoms in total. The first-order chi connectivity index (χ1) is 2.00. The van der Waals surface area contributed by atoms with Gasteiger partial charge in [-0.25, -0.2) is 0 Å². The molecule has 0 bridgehead atoms. The second-order valence-corrected chi connectivity index (χ2v) is 0. The average molecular weight is 129 g/mol. The molecule has 0 aliphatic rings. The van der Waals surface area contributed by atoms with E-state index in [9.17, 15) is 0 Å². The van der Waals surface area contributed by atoms with E-state index < -0.39 is 0 Å². The maximum absolute atomic E-state index is 6.81. The molecule has 0 aliphatic carbocycles. The van der Waals surface area contributed by atoms with E-state index in [0.29, 0.717) is 0 Å². The van der Waals surface area contributed by atoms with Gasteiger partial charge in [-0.1, -0.05) is 0 Å². The number of rotatable bonds is 0. The highest BCUT2D eigenvalue weighted by Gasteiger charge is 0.908. The SMILES string of the molecule is NN.OBr. The third kappa shape index (κ3) is 33.7. The zero-order valence-corrected chi connectivity index (χ0v) is 3.57. The van der Waals surface area contributed by atoms with Crippen molar-refractivity contribution in [2.24, 2.45) is 11.7 Å². The van der Waals surface area contributed by atoms with Crippen LogP contribution in [-0.2, 0) is 0 Å². The fraction of sp³-hybridized carbons (Fsp3) is 0. The van der Waals surface area contributed by atoms with Crippen molar-refractivity contribution in [2.75, 3.05) is 0 Å². The molecule has 0 aliphatic heterocycles. The first-order valence-electron chi connectivity index (χ1n) is 0.502. The summed E-state index contributed by atoms with van der Waals surface area (Å²) in [7, 11) is 0. The van der Waals surface area contributed by atoms with Gasteiger partial charge in [-0.3, -0.25) is 11.7 Å². The summed E-state index contributed by atoms with van der Waals surface area (Å²) in [5.41, 5.74) is 0. The minimum Gasteiger partial charge on any atom is -0.324 e. The Bertz CT molecular complexity index is 6.00. The van der Waals surface area contributed by atoms with Crippen molar-refractivity contribution in [3.05, 3.63) is 0 Å². The molecular formula is H5BrN2O. The monoisotopic (exact) mass is 128 g/mol. The third-order valence-corrected chi connectivity index (χ3v) is 0. The molecule has 0 saturated carbocycles. The molecule has 0 heterocycles. The quantitative estimate of drug-likeness (QED) is 0.293. The molecule has 4 heavy (non-hydrogen) atoms. The Hall–Kier alpha value is 0.360. The fourth-order valence-electron chi connectivity index (χ4n) is 0. The van der Waals surface area contributed by atoms with Gasteiger partial charge in [0, 0.05) is 0 Å². The Balaban J connectivity index is 0. The molecule has 28 valence electrons. The molecule has 0 amide bonds. The Kier molecular flexibility index (Phi) is 319. The second kappa shape index (κ2) is 144. The van der Waals surface area contributed by atoms with Crippen LogP contribution in [0, 0.1) is 0 Å². The highest BCUT2D eigenvalue weighted by atomic mass is 79.9. The average Bonchev–Trinajstić information content (AvgIpc) is 1.50. The smallest absolute Gasteiger partial charge is 0.0957 e. The number of hydrogen-bond donors (Lipinski definition) is 3. The lowest BCUT2D eigenvalue weighted by Gasteiger charge is -1.27. The van der Waals surface area contributed by atoms with E-state index in [4.69, 9.17) is 4.20 Å². The maximum atomic E-state index is 6.81. The van der Waals surface area contributed by atoms with Crippen molar-refractivity contribution >= 4 is 16.3 Å². The lowest BCUT2D eigenvalue weighted by molar-refractivity contribution is 0.702. The van der Waals surface area contributed by atoms with Crippen LogP contribution in [0.2, 0.25) is 0 Å². The first kappa shape index (κ1) is 8.84. The Morgan fingerprint density at radius 2 is 1.25 bits per heavy atom. The molecule has 0 aromatic heterocycles. The molecule has 4 heteroatoms. The summed E-state index contributed by atoms with van der Waals surface area (Å²) in [6.45, 7) is 0. The van der Waals surface area contributed by atoms with E-state index in [2.05, 4.69) is 11.7 Å². The lowest BCUT2D eigenvalue weighted by atomic mass is 13.0. The standard InChI is InChI=1S/BrHO.H4N2/c2*1-2/h2H;1-2H2. The topological polar surface area (TPSA) is 72.3 Å². The summed E-state index contributed by atoms with van der Waals surface area (Å²) in [6, 6.07) is 0. The molecule has 5 N–H and O–H groups in total. The molecule has 0 unspecified atom stereocenters. The van der Waals surface area contributed by atoms with Gasteiger partial charge in [-0.2, -0.15) is 0 Å². The summed E-state index contributed by atoms with van der Waals surface area (Å²) >= 11 is 1.94. The first-order valence-corrected chi connectivity index (χ1v) is 1.21. The normalized spacial score (nSPS) is 3.00. The summed E-state index contributed by atoms with van der Waals surface area (Å²) in [6.07, 6.45) is 0. The number of hydrazine groups is 1. The van der Waals surface area contributed by atoms with Gasteiger partial charge in [0.05, 0.1) is 16.3 Å². The predicted octanol–water partition coefficient (Wildman–Crippen LogP) is -0.893. The maximum Gasteiger partial charge on any atom is 0.0957 e. The van der Waals surface area contributed by atoms with Crippen molar-refractivity contribution in [1.82, 2.24) is 0 Å². The van der Waals surface area contributed by atoms with Crippen LogP contribution < -0.4 is 11.7 Å². The third-order valence-electron chi connectivity index (χ3n) is 0. The number of nitrogens with two attached hydrogens (primary N) is 2. The van der Waals surface area contributed by atoms with Crippen LogP contribution in [0.25, 0.3) is 0 Å². The summed E-state index contributed by atoms with van der Waals surface area (Å²) in [4.78, 5) is 0. The van der Waals surface area contributed by atoms with Gasteiger partial charge < -0.3 is 4.20 Å². The molecule has 0 atom stereocenters. The van der Waals surface area contributed by atoms with Crippen LogP contribution in [0.15, 0.2) is 0 Å². The van der Waals surface area contributed by atoms with E-state index in [1.54, 1.807) is 0 Å². The van der Waals surface area contributed by atoms with Crippen LogP contribution in [0.4, 0.5) is 0 Å². The van der Waals surface area contributed by atoms with E-state index >= 15 is 0 Å². The van der Waals surface area contributed by atoms with E-state index in [0.717, 1.165) is 0 Å². The fourth-order valence-corrected chi connectivity index (χ4v) is 0. The van der Waals surface area contributed by atoms with Crippen molar-refractivity contribution in [2.45, 2.75) is 0 Å². The van der Waals surface area contributed by atoms with E-state index in [1.807, 2.05) is 16.3 Å². The van der Waals surface area contributed by atoms with Crippen LogP contribution in [0.3, 0.4) is 0 Å². The molecule has 0 aromatic rings. The van der Waals surface area contributed by atoms with Gasteiger partial charge in [0.25, 0.3) is 0 Å². The zero-order valence-electron chi connectivity index (χ0n) is 1.98. The Labute approximate surface area is 33.0 Å². The number of hydrogen-bond acceptors (Lipinski definition) is 3. The van der Waals surface area contributed by atoms with Crippen molar-refractivity contribution < 1.29 is 4.20 Å². The van der Waals surface area contributed by atoms with Gasteiger partial charge >= 0.3 is 0 Å². The highest BCUT2D eigenvalue weighted by Crippen LogP contribution is 1.43. The van der Waals surface area contributed by atoms with Gasteiger partial charge in [0.15, 0.2) is 0 Å². The molecule has 0 fully saturated rings. The molecule has 0 aromatic carbocycles. The Morgan fingerprint density at radius 1 is 1.25 bits per heavy atom. The minimum absolute atomic E-state index is 1.94. The molecule has 0 rings (SSSR count). The number of halogens is 1. The summed E-state index contributed by atoms with van der Waals surface area (Å²) in [5.74, 6) is 8.00. The molecule has 0 saturated heterocycles. The van der Waals surface area contributed by atoms with Gasteiger partial charge in [-0.15, -0.1) is 0 Å². The Morgan fingerprint density at radius 3 is 1.25 bits per heavy atom. The summed E-state index contributed by atoms with van der Waals surface area (Å²) in [5, 5.41) is 0. The van der Waals surface area contributed by atoms with E-state index in [1.165, 1.54) is 0 Å². The second-order valence-electron chi connectivity index (χ2n) is 0. The minimum atomic E-state index is 1.94. The molecule has 0 radical (unpaired) electrons. The van der Waals surface area contributed by atoms with Gasteiger partial charge in [0.1, 0.15) is 0 Å². The van der Waals surface area contributed by atoms with Crippen LogP contribution in [0.5, 0.6) is 0 Å². The van der Waals surface area contributed by atoms with E-state index in [-0.39, 0.29) is 0 Å². The van der Waals surface area contributed by atoms with Crippen LogP contribution in [-0.4, -0.2) is 4.20 Å². The van der Waals surface area contributed by atoms with Crippen LogP contribution in [0.1, 0.15) is 0 Å². The van der Waals surface area contributed by atoms with Crippen LogP contribution >= 0.6 is 16.3 Å².